The van der Waals surface area contributed by atoms with Gasteiger partial charge in [0.25, 0.3) is 5.91 Å². The van der Waals surface area contributed by atoms with Crippen LogP contribution in [-0.4, -0.2) is 22.0 Å². The number of Topliss-reactive ketones (excluding diaryl/α,β-unsaturated/α-hetero) is 1. The van der Waals surface area contributed by atoms with Crippen molar-refractivity contribution in [2.24, 2.45) is 0 Å². The second kappa shape index (κ2) is 6.69. The molecule has 8 heteroatoms. The molecule has 7 nitrogen and oxygen atoms in total. The van der Waals surface area contributed by atoms with Crippen molar-refractivity contribution < 1.29 is 23.6 Å². The number of furan rings is 1. The van der Waals surface area contributed by atoms with E-state index in [0.29, 0.717) is 22.1 Å². The van der Waals surface area contributed by atoms with E-state index in [0.717, 1.165) is 0 Å². The van der Waals surface area contributed by atoms with Crippen LogP contribution in [0.4, 0.5) is 5.82 Å². The first-order valence-corrected chi connectivity index (χ1v) is 8.81. The van der Waals surface area contributed by atoms with Crippen LogP contribution in [0.25, 0.3) is 0 Å². The van der Waals surface area contributed by atoms with Gasteiger partial charge in [-0.3, -0.25) is 14.5 Å². The highest BCUT2D eigenvalue weighted by atomic mass is 35.5. The highest BCUT2D eigenvalue weighted by Crippen LogP contribution is 2.42. The third-order valence-corrected chi connectivity index (χ3v) is 4.68. The number of aliphatic hydroxyl groups is 1. The van der Waals surface area contributed by atoms with Crippen LogP contribution in [0.2, 0.25) is 5.02 Å². The minimum atomic E-state index is -0.936. The molecular weight excluding hydrogens is 384 g/mol. The standard InChI is InChI=1S/C20H15ClN2O5/c1-10-6-7-14(27-10)18(24)16-17(12-4-3-5-13(21)9-12)23(20(26)19(16)25)15-8-11(2)28-22-15/h3-9,17,25H,1-2H3/t17-/m1/s1. The van der Waals surface area contributed by atoms with E-state index in [1.165, 1.54) is 11.0 Å². The molecule has 1 atom stereocenters. The number of hydrogen-bond donors (Lipinski definition) is 1. The number of anilines is 1. The van der Waals surface area contributed by atoms with Crippen molar-refractivity contribution in [3.05, 3.63) is 81.7 Å². The summed E-state index contributed by atoms with van der Waals surface area (Å²) >= 11 is 6.12. The Hall–Kier alpha value is -3.32. The van der Waals surface area contributed by atoms with Gasteiger partial charge in [0, 0.05) is 11.1 Å². The summed E-state index contributed by atoms with van der Waals surface area (Å²) in [7, 11) is 0. The fourth-order valence-electron chi connectivity index (χ4n) is 3.22. The van der Waals surface area contributed by atoms with Gasteiger partial charge >= 0.3 is 0 Å². The molecule has 1 aliphatic rings. The number of benzene rings is 1. The number of rotatable bonds is 4. The van der Waals surface area contributed by atoms with E-state index >= 15 is 0 Å². The molecule has 0 aliphatic carbocycles. The molecule has 1 aromatic carbocycles. The molecule has 142 valence electrons. The molecule has 1 N–H and O–H groups in total. The molecule has 0 unspecified atom stereocenters. The molecule has 0 bridgehead atoms. The molecule has 4 rings (SSSR count). The van der Waals surface area contributed by atoms with Crippen LogP contribution in [0, 0.1) is 13.8 Å². The molecule has 0 saturated carbocycles. The van der Waals surface area contributed by atoms with Crippen molar-refractivity contribution in [1.82, 2.24) is 5.16 Å². The number of nitrogens with zero attached hydrogens (tertiary/aromatic N) is 2. The van der Waals surface area contributed by atoms with Gasteiger partial charge in [-0.05, 0) is 43.7 Å². The number of hydrogen-bond acceptors (Lipinski definition) is 6. The van der Waals surface area contributed by atoms with Crippen molar-refractivity contribution in [1.29, 1.82) is 0 Å². The molecule has 3 heterocycles. The number of aryl methyl sites for hydroxylation is 2. The van der Waals surface area contributed by atoms with Crippen LogP contribution in [0.5, 0.6) is 0 Å². The third kappa shape index (κ3) is 2.90. The summed E-state index contributed by atoms with van der Waals surface area (Å²) in [5, 5.41) is 14.9. The minimum absolute atomic E-state index is 0.0251. The highest BCUT2D eigenvalue weighted by molar-refractivity contribution is 6.30. The predicted octanol–water partition coefficient (Wildman–Crippen LogP) is 4.32. The third-order valence-electron chi connectivity index (χ3n) is 4.44. The lowest BCUT2D eigenvalue weighted by atomic mass is 9.95. The molecule has 1 aliphatic heterocycles. The van der Waals surface area contributed by atoms with Gasteiger partial charge in [0.05, 0.1) is 11.6 Å². The number of carbonyl (C=O) groups is 2. The summed E-state index contributed by atoms with van der Waals surface area (Å²) in [6.45, 7) is 3.38. The summed E-state index contributed by atoms with van der Waals surface area (Å²) in [6.07, 6.45) is 0. The maximum Gasteiger partial charge on any atom is 0.295 e. The van der Waals surface area contributed by atoms with Crippen LogP contribution >= 0.6 is 11.6 Å². The Morgan fingerprint density at radius 3 is 2.57 bits per heavy atom. The second-order valence-electron chi connectivity index (χ2n) is 6.43. The normalized spacial score (nSPS) is 16.9. The maximum atomic E-state index is 13.1. The average molecular weight is 399 g/mol. The van der Waals surface area contributed by atoms with E-state index < -0.39 is 23.5 Å². The number of aliphatic hydroxyl groups excluding tert-OH is 1. The number of carbonyl (C=O) groups excluding carboxylic acids is 2. The number of ketones is 1. The van der Waals surface area contributed by atoms with Gasteiger partial charge in [0.15, 0.2) is 17.3 Å². The summed E-state index contributed by atoms with van der Waals surface area (Å²) in [6, 6.07) is 10.5. The lowest BCUT2D eigenvalue weighted by molar-refractivity contribution is -0.117. The largest absolute Gasteiger partial charge is 0.503 e. The maximum absolute atomic E-state index is 13.1. The SMILES string of the molecule is Cc1cc(N2C(=O)C(O)=C(C(=O)c3ccc(C)o3)[C@H]2c2cccc(Cl)c2)no1. The fraction of sp³-hybridized carbons (Fsp3) is 0.150. The molecular formula is C20H15ClN2O5. The van der Waals surface area contributed by atoms with Crippen LogP contribution in [0.3, 0.4) is 0 Å². The van der Waals surface area contributed by atoms with E-state index in [9.17, 15) is 14.7 Å². The van der Waals surface area contributed by atoms with E-state index in [2.05, 4.69) is 5.16 Å². The Morgan fingerprint density at radius 2 is 1.96 bits per heavy atom. The molecule has 3 aromatic rings. The summed E-state index contributed by atoms with van der Waals surface area (Å²) in [5.74, 6) is -0.791. The highest BCUT2D eigenvalue weighted by Gasteiger charge is 2.46. The zero-order chi connectivity index (χ0) is 20.0. The monoisotopic (exact) mass is 398 g/mol. The Balaban J connectivity index is 1.89. The molecule has 0 saturated heterocycles. The number of halogens is 1. The van der Waals surface area contributed by atoms with Gasteiger partial charge < -0.3 is 14.0 Å². The Bertz CT molecular complexity index is 1130. The van der Waals surface area contributed by atoms with Gasteiger partial charge in [-0.1, -0.05) is 28.9 Å². The molecule has 28 heavy (non-hydrogen) atoms. The van der Waals surface area contributed by atoms with Crippen LogP contribution in [0.15, 0.2) is 62.7 Å². The molecule has 1 amide bonds. The van der Waals surface area contributed by atoms with Crippen molar-refractivity contribution in [3.63, 3.8) is 0 Å². The van der Waals surface area contributed by atoms with Gasteiger partial charge in [-0.25, -0.2) is 0 Å². The van der Waals surface area contributed by atoms with Crippen molar-refractivity contribution in [3.8, 4) is 0 Å². The Morgan fingerprint density at radius 1 is 1.18 bits per heavy atom. The minimum Gasteiger partial charge on any atom is -0.503 e. The average Bonchev–Trinajstić information content (AvgIpc) is 3.34. The van der Waals surface area contributed by atoms with E-state index in [1.54, 1.807) is 50.2 Å². The molecule has 0 radical (unpaired) electrons. The lowest BCUT2D eigenvalue weighted by Crippen LogP contribution is -2.31. The predicted molar refractivity (Wildman–Crippen MR) is 100 cm³/mol. The van der Waals surface area contributed by atoms with Crippen molar-refractivity contribution in [2.45, 2.75) is 19.9 Å². The lowest BCUT2D eigenvalue weighted by Gasteiger charge is -2.24. The Labute approximate surface area is 164 Å². The quantitative estimate of drug-likeness (QED) is 0.657. The topological polar surface area (TPSA) is 96.8 Å². The second-order valence-corrected chi connectivity index (χ2v) is 6.87. The zero-order valence-corrected chi connectivity index (χ0v) is 15.7. The van der Waals surface area contributed by atoms with E-state index in [4.69, 9.17) is 20.5 Å². The first-order valence-electron chi connectivity index (χ1n) is 8.43. The van der Waals surface area contributed by atoms with Crippen molar-refractivity contribution >= 4 is 29.1 Å². The first-order chi connectivity index (χ1) is 13.4. The molecule has 0 fully saturated rings. The zero-order valence-electron chi connectivity index (χ0n) is 15.0. The first kappa shape index (κ1) is 18.1. The number of amides is 1. The van der Waals surface area contributed by atoms with Crippen LogP contribution < -0.4 is 4.90 Å². The van der Waals surface area contributed by atoms with Crippen LogP contribution in [0.1, 0.15) is 33.7 Å². The summed E-state index contributed by atoms with van der Waals surface area (Å²) < 4.78 is 10.5. The van der Waals surface area contributed by atoms with Gasteiger partial charge in [-0.15, -0.1) is 0 Å². The molecule has 0 spiro atoms. The summed E-state index contributed by atoms with van der Waals surface area (Å²) in [4.78, 5) is 27.2. The van der Waals surface area contributed by atoms with E-state index in [1.807, 2.05) is 0 Å². The van der Waals surface area contributed by atoms with Gasteiger partial charge in [-0.2, -0.15) is 0 Å². The fourth-order valence-corrected chi connectivity index (χ4v) is 3.42. The van der Waals surface area contributed by atoms with Crippen LogP contribution in [-0.2, 0) is 4.79 Å². The van der Waals surface area contributed by atoms with E-state index in [-0.39, 0.29) is 17.2 Å². The Kier molecular flexibility index (Phi) is 4.31. The van der Waals surface area contributed by atoms with Gasteiger partial charge in [0.1, 0.15) is 11.5 Å². The molecule has 2 aromatic heterocycles. The summed E-state index contributed by atoms with van der Waals surface area (Å²) in [5.41, 5.74) is 0.430. The van der Waals surface area contributed by atoms with Gasteiger partial charge in [0.2, 0.25) is 5.78 Å². The van der Waals surface area contributed by atoms with Crippen molar-refractivity contribution in [2.75, 3.05) is 4.90 Å². The smallest absolute Gasteiger partial charge is 0.295 e. The number of aromatic nitrogens is 1.